The van der Waals surface area contributed by atoms with Crippen molar-refractivity contribution in [1.29, 1.82) is 0 Å². The van der Waals surface area contributed by atoms with Gasteiger partial charge in [0.25, 0.3) is 0 Å². The Morgan fingerprint density at radius 3 is 2.57 bits per heavy atom. The molecule has 2 heteroatoms. The zero-order valence-electron chi connectivity index (χ0n) is 4.77. The monoisotopic (exact) mass is 101 g/mol. The van der Waals surface area contributed by atoms with E-state index in [0.29, 0.717) is 0 Å². The summed E-state index contributed by atoms with van der Waals surface area (Å²) in [4.78, 5) is 0. The average molecular weight is 101 g/mol. The Balaban J connectivity index is 2.98. The second-order valence-corrected chi connectivity index (χ2v) is 1.23. The molecule has 0 aromatic rings. The third-order valence-electron chi connectivity index (χ3n) is 0.707. The van der Waals surface area contributed by atoms with Gasteiger partial charge < -0.3 is 4.74 Å². The van der Waals surface area contributed by atoms with Crippen molar-refractivity contribution in [3.05, 3.63) is 12.8 Å². The molecule has 0 aromatic carbocycles. The number of ether oxygens (including phenoxy) is 1. The Kier molecular flexibility index (Phi) is 3.42. The normalized spacial score (nSPS) is 12.9. The molecular formula is C5H11NO. The van der Waals surface area contributed by atoms with Gasteiger partial charge in [0.05, 0.1) is 6.26 Å². The van der Waals surface area contributed by atoms with Crippen LogP contribution in [-0.4, -0.2) is 13.3 Å². The van der Waals surface area contributed by atoms with Crippen molar-refractivity contribution < 1.29 is 4.74 Å². The van der Waals surface area contributed by atoms with E-state index in [2.05, 4.69) is 11.9 Å². The minimum Gasteiger partial charge on any atom is -0.484 e. The van der Waals surface area contributed by atoms with Crippen molar-refractivity contribution >= 4 is 0 Å². The molecule has 0 rings (SSSR count). The van der Waals surface area contributed by atoms with Gasteiger partial charge in [-0.25, -0.2) is 0 Å². The van der Waals surface area contributed by atoms with Crippen LogP contribution in [0.25, 0.3) is 0 Å². The largest absolute Gasteiger partial charge is 0.484 e. The first-order valence-electron chi connectivity index (χ1n) is 2.25. The molecule has 0 bridgehead atoms. The van der Waals surface area contributed by atoms with Crippen LogP contribution in [0.1, 0.15) is 6.92 Å². The molecule has 1 unspecified atom stereocenters. The highest BCUT2D eigenvalue weighted by Gasteiger charge is 1.88. The zero-order valence-corrected chi connectivity index (χ0v) is 4.77. The highest BCUT2D eigenvalue weighted by Crippen LogP contribution is 1.80. The maximum atomic E-state index is 4.84. The van der Waals surface area contributed by atoms with E-state index in [1.165, 1.54) is 6.26 Å². The van der Waals surface area contributed by atoms with Gasteiger partial charge >= 0.3 is 0 Å². The molecule has 0 aliphatic carbocycles. The van der Waals surface area contributed by atoms with Crippen LogP contribution in [0.3, 0.4) is 0 Å². The fourth-order valence-electron chi connectivity index (χ4n) is 0.212. The van der Waals surface area contributed by atoms with E-state index in [-0.39, 0.29) is 6.23 Å². The maximum absolute atomic E-state index is 4.84. The molecule has 0 saturated heterocycles. The second kappa shape index (κ2) is 3.68. The number of hydrogen-bond acceptors (Lipinski definition) is 2. The molecule has 0 heterocycles. The summed E-state index contributed by atoms with van der Waals surface area (Å²) in [5, 5.41) is 2.87. The Hall–Kier alpha value is -0.500. The van der Waals surface area contributed by atoms with Crippen LogP contribution in [0.5, 0.6) is 0 Å². The third-order valence-corrected chi connectivity index (χ3v) is 0.707. The standard InChI is InChI=1S/C5H11NO/c1-4-7-5(2)6-3/h4-6H,1H2,2-3H3. The maximum Gasteiger partial charge on any atom is 0.146 e. The lowest BCUT2D eigenvalue weighted by atomic mass is 10.7. The van der Waals surface area contributed by atoms with Gasteiger partial charge in [0.15, 0.2) is 0 Å². The highest BCUT2D eigenvalue weighted by atomic mass is 16.5. The average Bonchev–Trinajstić information content (AvgIpc) is 1.68. The summed E-state index contributed by atoms with van der Waals surface area (Å²) < 4.78 is 4.84. The molecule has 0 saturated carbocycles. The predicted molar refractivity (Wildman–Crippen MR) is 29.8 cm³/mol. The minimum absolute atomic E-state index is 0.0810. The van der Waals surface area contributed by atoms with E-state index in [1.807, 2.05) is 14.0 Å². The summed E-state index contributed by atoms with van der Waals surface area (Å²) in [5.41, 5.74) is 0. The first-order chi connectivity index (χ1) is 3.31. The molecule has 1 N–H and O–H groups in total. The summed E-state index contributed by atoms with van der Waals surface area (Å²) >= 11 is 0. The Morgan fingerprint density at radius 1 is 1.86 bits per heavy atom. The van der Waals surface area contributed by atoms with Gasteiger partial charge in [-0.2, -0.15) is 0 Å². The van der Waals surface area contributed by atoms with Gasteiger partial charge in [0, 0.05) is 0 Å². The number of nitrogens with one attached hydrogen (secondary N) is 1. The van der Waals surface area contributed by atoms with Gasteiger partial charge in [0.1, 0.15) is 6.23 Å². The Morgan fingerprint density at radius 2 is 2.43 bits per heavy atom. The molecule has 1 atom stereocenters. The molecule has 2 nitrogen and oxygen atoms in total. The quantitative estimate of drug-likeness (QED) is 0.417. The van der Waals surface area contributed by atoms with Crippen LogP contribution >= 0.6 is 0 Å². The van der Waals surface area contributed by atoms with Crippen LogP contribution in [0.2, 0.25) is 0 Å². The van der Waals surface area contributed by atoms with E-state index in [0.717, 1.165) is 0 Å². The van der Waals surface area contributed by atoms with Gasteiger partial charge in [-0.3, -0.25) is 5.32 Å². The lowest BCUT2D eigenvalue weighted by molar-refractivity contribution is 0.138. The summed E-state index contributed by atoms with van der Waals surface area (Å²) in [6.07, 6.45) is 1.50. The van der Waals surface area contributed by atoms with Gasteiger partial charge in [-0.05, 0) is 14.0 Å². The predicted octanol–water partition coefficient (Wildman–Crippen LogP) is 0.712. The van der Waals surface area contributed by atoms with Crippen LogP contribution in [0.15, 0.2) is 12.8 Å². The van der Waals surface area contributed by atoms with E-state index in [9.17, 15) is 0 Å². The van der Waals surface area contributed by atoms with Crippen molar-refractivity contribution in [3.8, 4) is 0 Å². The van der Waals surface area contributed by atoms with Crippen LogP contribution in [-0.2, 0) is 4.74 Å². The summed E-state index contributed by atoms with van der Waals surface area (Å²) in [7, 11) is 1.83. The SMILES string of the molecule is C=COC(C)NC. The first kappa shape index (κ1) is 6.50. The zero-order chi connectivity index (χ0) is 5.70. The van der Waals surface area contributed by atoms with Crippen LogP contribution in [0, 0.1) is 0 Å². The molecule has 0 aromatic heterocycles. The van der Waals surface area contributed by atoms with Crippen LogP contribution < -0.4 is 5.32 Å². The van der Waals surface area contributed by atoms with E-state index >= 15 is 0 Å². The lowest BCUT2D eigenvalue weighted by Crippen LogP contribution is -2.21. The number of rotatable bonds is 3. The molecule has 0 spiro atoms. The van der Waals surface area contributed by atoms with Gasteiger partial charge in [0.2, 0.25) is 0 Å². The smallest absolute Gasteiger partial charge is 0.146 e. The third kappa shape index (κ3) is 3.33. The van der Waals surface area contributed by atoms with Crippen molar-refractivity contribution in [2.24, 2.45) is 0 Å². The van der Waals surface area contributed by atoms with Crippen molar-refractivity contribution in [1.82, 2.24) is 5.32 Å². The lowest BCUT2D eigenvalue weighted by Gasteiger charge is -2.06. The van der Waals surface area contributed by atoms with Gasteiger partial charge in [-0.1, -0.05) is 6.58 Å². The fraction of sp³-hybridized carbons (Fsp3) is 0.600. The molecule has 0 radical (unpaired) electrons. The van der Waals surface area contributed by atoms with Crippen LogP contribution in [0.4, 0.5) is 0 Å². The topological polar surface area (TPSA) is 21.3 Å². The molecular weight excluding hydrogens is 90.1 g/mol. The molecule has 0 aliphatic rings. The summed E-state index contributed by atoms with van der Waals surface area (Å²) in [6, 6.07) is 0. The molecule has 0 amide bonds. The second-order valence-electron chi connectivity index (χ2n) is 1.23. The minimum atomic E-state index is 0.0810. The molecule has 7 heavy (non-hydrogen) atoms. The number of hydrogen-bond donors (Lipinski definition) is 1. The molecule has 42 valence electrons. The highest BCUT2D eigenvalue weighted by molar-refractivity contribution is 4.51. The van der Waals surface area contributed by atoms with Crippen molar-refractivity contribution in [3.63, 3.8) is 0 Å². The van der Waals surface area contributed by atoms with E-state index in [1.54, 1.807) is 0 Å². The van der Waals surface area contributed by atoms with Crippen molar-refractivity contribution in [2.75, 3.05) is 7.05 Å². The van der Waals surface area contributed by atoms with E-state index in [4.69, 9.17) is 4.74 Å². The van der Waals surface area contributed by atoms with Gasteiger partial charge in [-0.15, -0.1) is 0 Å². The molecule has 0 fully saturated rings. The fourth-order valence-corrected chi connectivity index (χ4v) is 0.212. The summed E-state index contributed by atoms with van der Waals surface area (Å²) in [5.74, 6) is 0. The summed E-state index contributed by atoms with van der Waals surface area (Å²) in [6.45, 7) is 5.29. The Bertz CT molecular complexity index is 54.0. The first-order valence-corrected chi connectivity index (χ1v) is 2.25. The Labute approximate surface area is 44.2 Å². The van der Waals surface area contributed by atoms with E-state index < -0.39 is 0 Å². The van der Waals surface area contributed by atoms with Crippen molar-refractivity contribution in [2.45, 2.75) is 13.2 Å². The molecule has 0 aliphatic heterocycles.